The molecule has 2 heterocycles. The monoisotopic (exact) mass is 282 g/mol. The molecule has 1 fully saturated rings. The van der Waals surface area contributed by atoms with Crippen LogP contribution in [0.2, 0.25) is 0 Å². The smallest absolute Gasteiger partial charge is 0.368 e. The number of nitrogen functional groups attached to an aromatic ring is 1. The third-order valence-corrected chi connectivity index (χ3v) is 3.53. The summed E-state index contributed by atoms with van der Waals surface area (Å²) in [6, 6.07) is 4.03. The lowest BCUT2D eigenvalue weighted by Gasteiger charge is -2.15. The van der Waals surface area contributed by atoms with Gasteiger partial charge in [-0.1, -0.05) is 12.1 Å². The molecule has 0 bridgehead atoms. The Hall–Kier alpha value is -1.89. The van der Waals surface area contributed by atoms with Gasteiger partial charge in [-0.3, -0.25) is 0 Å². The summed E-state index contributed by atoms with van der Waals surface area (Å²) in [6.07, 6.45) is -3.62. The molecule has 1 aromatic heterocycles. The minimum absolute atomic E-state index is 0.0753. The maximum Gasteiger partial charge on any atom is 0.418 e. The Morgan fingerprint density at radius 2 is 2.05 bits per heavy atom. The van der Waals surface area contributed by atoms with E-state index < -0.39 is 11.7 Å². The predicted molar refractivity (Wildman–Crippen MR) is 69.2 cm³/mol. The fourth-order valence-corrected chi connectivity index (χ4v) is 2.62. The molecular weight excluding hydrogens is 269 g/mol. The van der Waals surface area contributed by atoms with E-state index in [9.17, 15) is 13.2 Å². The molecule has 2 aromatic rings. The third kappa shape index (κ3) is 2.18. The van der Waals surface area contributed by atoms with Crippen molar-refractivity contribution in [2.45, 2.75) is 18.5 Å². The van der Waals surface area contributed by atoms with Gasteiger partial charge in [0.25, 0.3) is 0 Å². The van der Waals surface area contributed by atoms with Crippen LogP contribution in [0.25, 0.3) is 10.9 Å². The molecular formula is C13H13F3N4. The molecule has 106 valence electrons. The lowest BCUT2D eigenvalue weighted by Crippen LogP contribution is -2.13. The summed E-state index contributed by atoms with van der Waals surface area (Å²) >= 11 is 0. The lowest BCUT2D eigenvalue weighted by molar-refractivity contribution is -0.136. The van der Waals surface area contributed by atoms with E-state index in [2.05, 4.69) is 15.3 Å². The average molecular weight is 282 g/mol. The molecule has 3 rings (SSSR count). The van der Waals surface area contributed by atoms with Gasteiger partial charge in [0, 0.05) is 17.8 Å². The molecule has 1 atom stereocenters. The first-order valence-corrected chi connectivity index (χ1v) is 6.31. The number of nitrogens with two attached hydrogens (primary N) is 1. The first-order valence-electron chi connectivity index (χ1n) is 6.31. The molecule has 4 nitrogen and oxygen atoms in total. The first-order chi connectivity index (χ1) is 9.47. The SMILES string of the molecule is Nc1nc(C2CCNC2)c2cccc(C(F)(F)F)c2n1. The van der Waals surface area contributed by atoms with Crippen LogP contribution in [0.1, 0.15) is 23.6 Å². The number of halogens is 3. The summed E-state index contributed by atoms with van der Waals surface area (Å²) in [4.78, 5) is 7.97. The highest BCUT2D eigenvalue weighted by atomic mass is 19.4. The minimum Gasteiger partial charge on any atom is -0.368 e. The van der Waals surface area contributed by atoms with Gasteiger partial charge >= 0.3 is 6.18 Å². The largest absolute Gasteiger partial charge is 0.418 e. The standard InChI is InChI=1S/C13H13F3N4/c14-13(15,16)9-3-1-2-8-10(7-4-5-18-6-7)19-12(17)20-11(8)9/h1-3,7,18H,4-6H2,(H2,17,19,20). The van der Waals surface area contributed by atoms with Crippen molar-refractivity contribution in [1.82, 2.24) is 15.3 Å². The maximum absolute atomic E-state index is 13.0. The zero-order valence-electron chi connectivity index (χ0n) is 10.5. The van der Waals surface area contributed by atoms with Crippen LogP contribution >= 0.6 is 0 Å². The molecule has 0 radical (unpaired) electrons. The Morgan fingerprint density at radius 3 is 2.70 bits per heavy atom. The highest BCUT2D eigenvalue weighted by Gasteiger charge is 2.34. The number of para-hydroxylation sites is 1. The van der Waals surface area contributed by atoms with Crippen molar-refractivity contribution in [3.8, 4) is 0 Å². The molecule has 1 unspecified atom stereocenters. The summed E-state index contributed by atoms with van der Waals surface area (Å²) in [5, 5.41) is 3.61. The molecule has 0 aliphatic carbocycles. The van der Waals surface area contributed by atoms with Gasteiger partial charge in [-0.2, -0.15) is 13.2 Å². The van der Waals surface area contributed by atoms with Gasteiger partial charge < -0.3 is 11.1 Å². The number of nitrogens with zero attached hydrogens (tertiary/aromatic N) is 2. The van der Waals surface area contributed by atoms with E-state index in [0.29, 0.717) is 17.6 Å². The topological polar surface area (TPSA) is 63.8 Å². The van der Waals surface area contributed by atoms with Crippen molar-refractivity contribution in [2.75, 3.05) is 18.8 Å². The normalized spacial score (nSPS) is 19.6. The van der Waals surface area contributed by atoms with Crippen LogP contribution in [0.5, 0.6) is 0 Å². The van der Waals surface area contributed by atoms with Crippen LogP contribution in [0.4, 0.5) is 19.1 Å². The van der Waals surface area contributed by atoms with E-state index in [1.165, 1.54) is 6.07 Å². The number of aromatic nitrogens is 2. The van der Waals surface area contributed by atoms with E-state index in [-0.39, 0.29) is 17.4 Å². The van der Waals surface area contributed by atoms with E-state index in [1.807, 2.05) is 0 Å². The second-order valence-corrected chi connectivity index (χ2v) is 4.86. The van der Waals surface area contributed by atoms with Gasteiger partial charge in [-0.05, 0) is 19.0 Å². The number of fused-ring (bicyclic) bond motifs is 1. The molecule has 0 amide bonds. The molecule has 1 aliphatic rings. The lowest BCUT2D eigenvalue weighted by atomic mass is 9.98. The quantitative estimate of drug-likeness (QED) is 0.842. The van der Waals surface area contributed by atoms with Crippen LogP contribution < -0.4 is 11.1 Å². The Balaban J connectivity index is 2.27. The number of benzene rings is 1. The average Bonchev–Trinajstić information content (AvgIpc) is 2.89. The van der Waals surface area contributed by atoms with Crippen molar-refractivity contribution in [3.05, 3.63) is 29.5 Å². The van der Waals surface area contributed by atoms with E-state index >= 15 is 0 Å². The fraction of sp³-hybridized carbons (Fsp3) is 0.385. The minimum atomic E-state index is -4.45. The first kappa shape index (κ1) is 13.1. The van der Waals surface area contributed by atoms with E-state index in [0.717, 1.165) is 19.0 Å². The fourth-order valence-electron chi connectivity index (χ4n) is 2.62. The highest BCUT2D eigenvalue weighted by Crippen LogP contribution is 2.36. The second-order valence-electron chi connectivity index (χ2n) is 4.86. The number of anilines is 1. The van der Waals surface area contributed by atoms with Crippen LogP contribution in [0, 0.1) is 0 Å². The summed E-state index contributed by atoms with van der Waals surface area (Å²) in [5.74, 6) is -0.0395. The molecule has 0 spiro atoms. The van der Waals surface area contributed by atoms with Crippen LogP contribution in [-0.4, -0.2) is 23.1 Å². The zero-order chi connectivity index (χ0) is 14.3. The van der Waals surface area contributed by atoms with Crippen LogP contribution in [0.15, 0.2) is 18.2 Å². The van der Waals surface area contributed by atoms with Gasteiger partial charge in [-0.15, -0.1) is 0 Å². The third-order valence-electron chi connectivity index (χ3n) is 3.53. The zero-order valence-corrected chi connectivity index (χ0v) is 10.5. The number of rotatable bonds is 1. The van der Waals surface area contributed by atoms with Crippen molar-refractivity contribution in [1.29, 1.82) is 0 Å². The van der Waals surface area contributed by atoms with Gasteiger partial charge in [0.05, 0.1) is 16.8 Å². The summed E-state index contributed by atoms with van der Waals surface area (Å²) in [6.45, 7) is 1.52. The summed E-state index contributed by atoms with van der Waals surface area (Å²) in [5.41, 5.74) is 5.31. The molecule has 3 N–H and O–H groups in total. The van der Waals surface area contributed by atoms with Crippen molar-refractivity contribution in [3.63, 3.8) is 0 Å². The summed E-state index contributed by atoms with van der Waals surface area (Å²) < 4.78 is 39.1. The molecule has 20 heavy (non-hydrogen) atoms. The van der Waals surface area contributed by atoms with Gasteiger partial charge in [-0.25, -0.2) is 9.97 Å². The Labute approximate surface area is 113 Å². The van der Waals surface area contributed by atoms with Crippen molar-refractivity contribution in [2.24, 2.45) is 0 Å². The molecule has 1 aromatic carbocycles. The van der Waals surface area contributed by atoms with Gasteiger partial charge in [0.2, 0.25) is 5.95 Å². The van der Waals surface area contributed by atoms with Crippen molar-refractivity contribution >= 4 is 16.9 Å². The molecule has 0 saturated carbocycles. The Bertz CT molecular complexity index is 648. The number of alkyl halides is 3. The number of nitrogens with one attached hydrogen (secondary N) is 1. The van der Waals surface area contributed by atoms with E-state index in [4.69, 9.17) is 5.73 Å². The van der Waals surface area contributed by atoms with Gasteiger partial charge in [0.15, 0.2) is 0 Å². The predicted octanol–water partition coefficient (Wildman–Crippen LogP) is 2.31. The number of hydrogen-bond donors (Lipinski definition) is 2. The second kappa shape index (κ2) is 4.59. The Morgan fingerprint density at radius 1 is 1.25 bits per heavy atom. The summed E-state index contributed by atoms with van der Waals surface area (Å²) in [7, 11) is 0. The molecule has 7 heteroatoms. The number of hydrogen-bond acceptors (Lipinski definition) is 4. The Kier molecular flexibility index (Phi) is 3.01. The van der Waals surface area contributed by atoms with Gasteiger partial charge in [0.1, 0.15) is 0 Å². The van der Waals surface area contributed by atoms with Crippen LogP contribution in [0.3, 0.4) is 0 Å². The van der Waals surface area contributed by atoms with Crippen LogP contribution in [-0.2, 0) is 6.18 Å². The maximum atomic E-state index is 13.0. The molecule has 1 aliphatic heterocycles. The highest BCUT2D eigenvalue weighted by molar-refractivity contribution is 5.85. The molecule has 1 saturated heterocycles. The van der Waals surface area contributed by atoms with E-state index in [1.54, 1.807) is 6.07 Å². The van der Waals surface area contributed by atoms with Crippen molar-refractivity contribution < 1.29 is 13.2 Å².